The van der Waals surface area contributed by atoms with E-state index in [0.717, 1.165) is 16.8 Å². The summed E-state index contributed by atoms with van der Waals surface area (Å²) in [5.41, 5.74) is 8.49. The molecule has 0 fully saturated rings. The van der Waals surface area contributed by atoms with Crippen molar-refractivity contribution in [3.8, 4) is 0 Å². The van der Waals surface area contributed by atoms with E-state index in [4.69, 9.17) is 10.3 Å². The summed E-state index contributed by atoms with van der Waals surface area (Å²) in [7, 11) is -4.02. The molecule has 19 heavy (non-hydrogen) atoms. The van der Waals surface area contributed by atoms with Crippen LogP contribution in [0, 0.1) is 13.8 Å². The second-order valence-electron chi connectivity index (χ2n) is 4.14. The van der Waals surface area contributed by atoms with Gasteiger partial charge < -0.3 is 5.73 Å². The molecule has 0 heterocycles. The summed E-state index contributed by atoms with van der Waals surface area (Å²) < 4.78 is 29.6. The van der Waals surface area contributed by atoms with Crippen LogP contribution in [0.15, 0.2) is 53.4 Å². The first-order valence-corrected chi connectivity index (χ1v) is 7.10. The van der Waals surface area contributed by atoms with E-state index in [2.05, 4.69) is 0 Å². The highest BCUT2D eigenvalue weighted by Crippen LogP contribution is 2.08. The van der Waals surface area contributed by atoms with Gasteiger partial charge in [0.05, 0.1) is 4.90 Å². The number of benzene rings is 2. The molecule has 0 aliphatic heterocycles. The van der Waals surface area contributed by atoms with Gasteiger partial charge in [0, 0.05) is 5.69 Å². The molecule has 0 unspecified atom stereocenters. The van der Waals surface area contributed by atoms with Gasteiger partial charge in [0.15, 0.2) is 0 Å². The first-order chi connectivity index (χ1) is 8.80. The van der Waals surface area contributed by atoms with E-state index in [1.165, 1.54) is 12.1 Å². The van der Waals surface area contributed by atoms with Crippen LogP contribution in [0.1, 0.15) is 11.1 Å². The fraction of sp³-hybridized carbons (Fsp3) is 0.143. The predicted molar refractivity (Wildman–Crippen MR) is 76.6 cm³/mol. The molecule has 2 aromatic rings. The SMILES string of the molecule is Cc1ccc(S(=O)(=O)O)cc1.Cc1ccccc1N. The van der Waals surface area contributed by atoms with E-state index in [1.54, 1.807) is 12.1 Å². The van der Waals surface area contributed by atoms with Crippen LogP contribution in [-0.2, 0) is 10.1 Å². The smallest absolute Gasteiger partial charge is 0.294 e. The fourth-order valence-electron chi connectivity index (χ4n) is 1.30. The minimum Gasteiger partial charge on any atom is -0.399 e. The van der Waals surface area contributed by atoms with Crippen LogP contribution >= 0.6 is 0 Å². The lowest BCUT2D eigenvalue weighted by molar-refractivity contribution is 0.483. The average Bonchev–Trinajstić information content (AvgIpc) is 2.33. The number of nitrogens with two attached hydrogens (primary N) is 1. The molecule has 2 aromatic carbocycles. The third-order valence-corrected chi connectivity index (χ3v) is 3.38. The number of rotatable bonds is 1. The lowest BCUT2D eigenvalue weighted by Crippen LogP contribution is -1.96. The van der Waals surface area contributed by atoms with E-state index >= 15 is 0 Å². The summed E-state index contributed by atoms with van der Waals surface area (Å²) in [5, 5.41) is 0. The molecule has 0 bridgehead atoms. The first kappa shape index (κ1) is 15.2. The average molecular weight is 279 g/mol. The van der Waals surface area contributed by atoms with Gasteiger partial charge in [-0.15, -0.1) is 0 Å². The molecule has 3 N–H and O–H groups in total. The molecule has 102 valence electrons. The molecular formula is C14H17NO3S. The Hall–Kier alpha value is -1.85. The van der Waals surface area contributed by atoms with Crippen molar-refractivity contribution in [2.24, 2.45) is 0 Å². The molecule has 0 aliphatic rings. The first-order valence-electron chi connectivity index (χ1n) is 5.66. The van der Waals surface area contributed by atoms with E-state index in [0.29, 0.717) is 0 Å². The molecule has 0 saturated heterocycles. The highest BCUT2D eigenvalue weighted by atomic mass is 32.2. The highest BCUT2D eigenvalue weighted by Gasteiger charge is 2.06. The van der Waals surface area contributed by atoms with Crippen LogP contribution in [0.2, 0.25) is 0 Å². The number of nitrogen functional groups attached to an aromatic ring is 1. The Kier molecular flexibility index (Phi) is 5.09. The van der Waals surface area contributed by atoms with Gasteiger partial charge in [-0.3, -0.25) is 4.55 Å². The van der Waals surface area contributed by atoms with Crippen molar-refractivity contribution in [1.29, 1.82) is 0 Å². The van der Waals surface area contributed by atoms with Crippen molar-refractivity contribution in [2.75, 3.05) is 5.73 Å². The van der Waals surface area contributed by atoms with Gasteiger partial charge in [0.1, 0.15) is 0 Å². The second kappa shape index (κ2) is 6.36. The minimum absolute atomic E-state index is 0.0666. The zero-order valence-electron chi connectivity index (χ0n) is 10.9. The van der Waals surface area contributed by atoms with Crippen LogP contribution in [-0.4, -0.2) is 13.0 Å². The predicted octanol–water partition coefficient (Wildman–Crippen LogP) is 2.82. The summed E-state index contributed by atoms with van der Waals surface area (Å²) in [6.45, 7) is 3.84. The second-order valence-corrected chi connectivity index (χ2v) is 5.57. The Labute approximate surface area is 113 Å². The largest absolute Gasteiger partial charge is 0.399 e. The Morgan fingerprint density at radius 2 is 1.47 bits per heavy atom. The quantitative estimate of drug-likeness (QED) is 0.621. The summed E-state index contributed by atoms with van der Waals surface area (Å²) in [6, 6.07) is 13.8. The van der Waals surface area contributed by atoms with Crippen LogP contribution < -0.4 is 5.73 Å². The molecule has 0 spiro atoms. The number of hydrogen-bond donors (Lipinski definition) is 2. The van der Waals surface area contributed by atoms with E-state index in [1.807, 2.05) is 38.1 Å². The molecule has 0 saturated carbocycles. The van der Waals surface area contributed by atoms with Crippen molar-refractivity contribution < 1.29 is 13.0 Å². The topological polar surface area (TPSA) is 80.4 Å². The van der Waals surface area contributed by atoms with Crippen molar-refractivity contribution in [2.45, 2.75) is 18.7 Å². The number of anilines is 1. The maximum atomic E-state index is 10.5. The fourth-order valence-corrected chi connectivity index (χ4v) is 1.78. The van der Waals surface area contributed by atoms with Crippen LogP contribution in [0.4, 0.5) is 5.69 Å². The molecular weight excluding hydrogens is 262 g/mol. The van der Waals surface area contributed by atoms with Gasteiger partial charge >= 0.3 is 0 Å². The van der Waals surface area contributed by atoms with E-state index in [-0.39, 0.29) is 4.90 Å². The molecule has 0 aliphatic carbocycles. The maximum absolute atomic E-state index is 10.5. The summed E-state index contributed by atoms with van der Waals surface area (Å²) in [4.78, 5) is -0.0666. The molecule has 0 amide bonds. The summed E-state index contributed by atoms with van der Waals surface area (Å²) >= 11 is 0. The summed E-state index contributed by atoms with van der Waals surface area (Å²) in [6.07, 6.45) is 0. The molecule has 4 nitrogen and oxygen atoms in total. The number of hydrogen-bond acceptors (Lipinski definition) is 3. The molecule has 0 atom stereocenters. The zero-order chi connectivity index (χ0) is 14.5. The Balaban J connectivity index is 0.000000200. The van der Waals surface area contributed by atoms with Gasteiger partial charge in [-0.05, 0) is 37.6 Å². The van der Waals surface area contributed by atoms with Crippen molar-refractivity contribution in [3.05, 3.63) is 59.7 Å². The standard InChI is InChI=1S/C7H9N.C7H8O3S/c1-6-4-2-3-5-7(6)8;1-6-2-4-7(5-3-6)11(8,9)10/h2-5H,8H2,1H3;2-5H,1H3,(H,8,9,10). The van der Waals surface area contributed by atoms with Crippen molar-refractivity contribution in [1.82, 2.24) is 0 Å². The van der Waals surface area contributed by atoms with Crippen LogP contribution in [0.3, 0.4) is 0 Å². The van der Waals surface area contributed by atoms with Gasteiger partial charge in [0.25, 0.3) is 10.1 Å². The Morgan fingerprint density at radius 1 is 0.947 bits per heavy atom. The number of para-hydroxylation sites is 1. The van der Waals surface area contributed by atoms with Crippen molar-refractivity contribution >= 4 is 15.8 Å². The Morgan fingerprint density at radius 3 is 1.84 bits per heavy atom. The molecule has 5 heteroatoms. The van der Waals surface area contributed by atoms with Gasteiger partial charge in [-0.25, -0.2) is 0 Å². The van der Waals surface area contributed by atoms with Gasteiger partial charge in [0.2, 0.25) is 0 Å². The normalized spacial score (nSPS) is 10.5. The van der Waals surface area contributed by atoms with Crippen molar-refractivity contribution in [3.63, 3.8) is 0 Å². The van der Waals surface area contributed by atoms with E-state index in [9.17, 15) is 8.42 Å². The lowest BCUT2D eigenvalue weighted by Gasteiger charge is -1.95. The van der Waals surface area contributed by atoms with Gasteiger partial charge in [-0.2, -0.15) is 8.42 Å². The zero-order valence-corrected chi connectivity index (χ0v) is 11.7. The highest BCUT2D eigenvalue weighted by molar-refractivity contribution is 7.85. The van der Waals surface area contributed by atoms with Crippen LogP contribution in [0.5, 0.6) is 0 Å². The monoisotopic (exact) mass is 279 g/mol. The maximum Gasteiger partial charge on any atom is 0.294 e. The van der Waals surface area contributed by atoms with E-state index < -0.39 is 10.1 Å². The third kappa shape index (κ3) is 5.11. The summed E-state index contributed by atoms with van der Waals surface area (Å²) in [5.74, 6) is 0. The van der Waals surface area contributed by atoms with Crippen LogP contribution in [0.25, 0.3) is 0 Å². The molecule has 0 aromatic heterocycles. The third-order valence-electron chi connectivity index (χ3n) is 2.51. The minimum atomic E-state index is -4.02. The number of aryl methyl sites for hydroxylation is 2. The lowest BCUT2D eigenvalue weighted by atomic mass is 10.2. The van der Waals surface area contributed by atoms with Gasteiger partial charge in [-0.1, -0.05) is 35.9 Å². The molecule has 0 radical (unpaired) electrons. The molecule has 2 rings (SSSR count). The Bertz CT molecular complexity index is 613.